The Balaban J connectivity index is 1.78. The van der Waals surface area contributed by atoms with E-state index in [4.69, 9.17) is 0 Å². The SMILES string of the molecule is CCCN(CCC)CCC1Cc2ccccc2C1. The van der Waals surface area contributed by atoms with Crippen molar-refractivity contribution in [3.05, 3.63) is 35.4 Å². The third kappa shape index (κ3) is 3.58. The normalized spacial score (nSPS) is 15.3. The van der Waals surface area contributed by atoms with Crippen LogP contribution in [0.5, 0.6) is 0 Å². The van der Waals surface area contributed by atoms with Gasteiger partial charge in [0.15, 0.2) is 0 Å². The van der Waals surface area contributed by atoms with Gasteiger partial charge in [0.25, 0.3) is 0 Å². The van der Waals surface area contributed by atoms with Gasteiger partial charge >= 0.3 is 0 Å². The number of hydrogen-bond donors (Lipinski definition) is 0. The summed E-state index contributed by atoms with van der Waals surface area (Å²) in [4.78, 5) is 2.64. The van der Waals surface area contributed by atoms with Gasteiger partial charge in [-0.2, -0.15) is 0 Å². The minimum absolute atomic E-state index is 0.888. The molecule has 0 radical (unpaired) electrons. The van der Waals surface area contributed by atoms with Crippen molar-refractivity contribution in [3.63, 3.8) is 0 Å². The van der Waals surface area contributed by atoms with Gasteiger partial charge in [0.2, 0.25) is 0 Å². The van der Waals surface area contributed by atoms with Crippen molar-refractivity contribution in [2.24, 2.45) is 5.92 Å². The number of nitrogens with zero attached hydrogens (tertiary/aromatic N) is 1. The Morgan fingerprint density at radius 2 is 1.50 bits per heavy atom. The van der Waals surface area contributed by atoms with E-state index in [0.29, 0.717) is 0 Å². The molecule has 2 rings (SSSR count). The highest BCUT2D eigenvalue weighted by molar-refractivity contribution is 5.31. The molecule has 1 heteroatoms. The molecule has 0 atom stereocenters. The Labute approximate surface area is 112 Å². The number of fused-ring (bicyclic) bond motifs is 1. The zero-order chi connectivity index (χ0) is 12.8. The van der Waals surface area contributed by atoms with Crippen LogP contribution in [0.25, 0.3) is 0 Å². The van der Waals surface area contributed by atoms with Gasteiger partial charge in [-0.25, -0.2) is 0 Å². The fourth-order valence-electron chi connectivity index (χ4n) is 3.19. The summed E-state index contributed by atoms with van der Waals surface area (Å²) in [6.07, 6.45) is 6.55. The van der Waals surface area contributed by atoms with Crippen molar-refractivity contribution >= 4 is 0 Å². The minimum Gasteiger partial charge on any atom is -0.303 e. The van der Waals surface area contributed by atoms with Crippen molar-refractivity contribution in [3.8, 4) is 0 Å². The first-order valence-electron chi connectivity index (χ1n) is 7.62. The molecule has 100 valence electrons. The van der Waals surface area contributed by atoms with Crippen LogP contribution in [0.3, 0.4) is 0 Å². The molecule has 0 bridgehead atoms. The predicted octanol–water partition coefficient (Wildman–Crippen LogP) is 3.91. The van der Waals surface area contributed by atoms with Crippen LogP contribution in [-0.4, -0.2) is 24.5 Å². The Morgan fingerprint density at radius 1 is 0.944 bits per heavy atom. The fraction of sp³-hybridized carbons (Fsp3) is 0.647. The molecular formula is C17H27N. The summed E-state index contributed by atoms with van der Waals surface area (Å²) in [5.41, 5.74) is 3.19. The zero-order valence-corrected chi connectivity index (χ0v) is 12.0. The highest BCUT2D eigenvalue weighted by Crippen LogP contribution is 2.28. The van der Waals surface area contributed by atoms with Gasteiger partial charge < -0.3 is 4.90 Å². The number of hydrogen-bond acceptors (Lipinski definition) is 1. The van der Waals surface area contributed by atoms with Crippen LogP contribution >= 0.6 is 0 Å². The van der Waals surface area contributed by atoms with Crippen LogP contribution in [0.1, 0.15) is 44.2 Å². The van der Waals surface area contributed by atoms with Crippen molar-refractivity contribution in [1.82, 2.24) is 4.90 Å². The molecule has 0 amide bonds. The summed E-state index contributed by atoms with van der Waals surface area (Å²) in [7, 11) is 0. The highest BCUT2D eigenvalue weighted by Gasteiger charge is 2.21. The highest BCUT2D eigenvalue weighted by atomic mass is 15.1. The minimum atomic E-state index is 0.888. The number of rotatable bonds is 7. The van der Waals surface area contributed by atoms with E-state index in [1.165, 1.54) is 51.7 Å². The van der Waals surface area contributed by atoms with Gasteiger partial charge in [0.05, 0.1) is 0 Å². The van der Waals surface area contributed by atoms with Crippen LogP contribution in [-0.2, 0) is 12.8 Å². The molecule has 1 nitrogen and oxygen atoms in total. The van der Waals surface area contributed by atoms with Crippen LogP contribution in [0.4, 0.5) is 0 Å². The Morgan fingerprint density at radius 3 is 2.00 bits per heavy atom. The summed E-state index contributed by atoms with van der Waals surface area (Å²) in [6, 6.07) is 8.99. The van der Waals surface area contributed by atoms with Crippen LogP contribution in [0, 0.1) is 5.92 Å². The molecule has 1 aromatic carbocycles. The van der Waals surface area contributed by atoms with E-state index in [0.717, 1.165) is 5.92 Å². The van der Waals surface area contributed by atoms with Gasteiger partial charge in [-0.15, -0.1) is 0 Å². The molecule has 0 N–H and O–H groups in total. The third-order valence-electron chi connectivity index (χ3n) is 4.07. The lowest BCUT2D eigenvalue weighted by atomic mass is 10.0. The molecule has 1 aliphatic rings. The molecule has 0 saturated carbocycles. The van der Waals surface area contributed by atoms with E-state index in [9.17, 15) is 0 Å². The van der Waals surface area contributed by atoms with Crippen LogP contribution in [0.15, 0.2) is 24.3 Å². The maximum absolute atomic E-state index is 2.64. The molecule has 0 aromatic heterocycles. The Kier molecular flexibility index (Phi) is 5.25. The third-order valence-corrected chi connectivity index (χ3v) is 4.07. The molecule has 0 saturated heterocycles. The van der Waals surface area contributed by atoms with Gasteiger partial charge in [-0.3, -0.25) is 0 Å². The summed E-state index contributed by atoms with van der Waals surface area (Å²) in [5, 5.41) is 0. The molecule has 1 aliphatic carbocycles. The molecule has 18 heavy (non-hydrogen) atoms. The summed E-state index contributed by atoms with van der Waals surface area (Å²) >= 11 is 0. The van der Waals surface area contributed by atoms with Crippen LogP contribution in [0.2, 0.25) is 0 Å². The van der Waals surface area contributed by atoms with E-state index in [1.807, 2.05) is 0 Å². The second kappa shape index (κ2) is 6.94. The smallest absolute Gasteiger partial charge is 0.00159 e. The monoisotopic (exact) mass is 245 g/mol. The summed E-state index contributed by atoms with van der Waals surface area (Å²) in [6.45, 7) is 8.41. The Hall–Kier alpha value is -0.820. The molecule has 0 spiro atoms. The van der Waals surface area contributed by atoms with Gasteiger partial charge in [-0.05, 0) is 68.8 Å². The summed E-state index contributed by atoms with van der Waals surface area (Å²) < 4.78 is 0. The first-order valence-corrected chi connectivity index (χ1v) is 7.62. The second-order valence-electron chi connectivity index (χ2n) is 5.67. The second-order valence-corrected chi connectivity index (χ2v) is 5.67. The molecular weight excluding hydrogens is 218 g/mol. The molecule has 0 heterocycles. The van der Waals surface area contributed by atoms with E-state index in [2.05, 4.69) is 43.0 Å². The summed E-state index contributed by atoms with van der Waals surface area (Å²) in [5.74, 6) is 0.888. The van der Waals surface area contributed by atoms with Crippen molar-refractivity contribution < 1.29 is 0 Å². The zero-order valence-electron chi connectivity index (χ0n) is 12.0. The van der Waals surface area contributed by atoms with E-state index in [1.54, 1.807) is 11.1 Å². The average molecular weight is 245 g/mol. The fourth-order valence-corrected chi connectivity index (χ4v) is 3.19. The van der Waals surface area contributed by atoms with Crippen molar-refractivity contribution in [1.29, 1.82) is 0 Å². The van der Waals surface area contributed by atoms with Crippen LogP contribution < -0.4 is 0 Å². The van der Waals surface area contributed by atoms with E-state index < -0.39 is 0 Å². The standard InChI is InChI=1S/C17H27N/c1-3-10-18(11-4-2)12-9-15-13-16-7-5-6-8-17(16)14-15/h5-8,15H,3-4,9-14H2,1-2H3. The lowest BCUT2D eigenvalue weighted by Gasteiger charge is -2.22. The lowest BCUT2D eigenvalue weighted by molar-refractivity contribution is 0.253. The lowest BCUT2D eigenvalue weighted by Crippen LogP contribution is -2.28. The number of benzene rings is 1. The maximum Gasteiger partial charge on any atom is -0.00159 e. The molecule has 0 fully saturated rings. The average Bonchev–Trinajstić information content (AvgIpc) is 2.79. The predicted molar refractivity (Wildman–Crippen MR) is 79.0 cm³/mol. The first kappa shape index (κ1) is 13.6. The van der Waals surface area contributed by atoms with Gasteiger partial charge in [0, 0.05) is 0 Å². The van der Waals surface area contributed by atoms with E-state index in [-0.39, 0.29) is 0 Å². The molecule has 0 unspecified atom stereocenters. The van der Waals surface area contributed by atoms with Gasteiger partial charge in [0.1, 0.15) is 0 Å². The quantitative estimate of drug-likeness (QED) is 0.704. The molecule has 0 aliphatic heterocycles. The van der Waals surface area contributed by atoms with Crippen molar-refractivity contribution in [2.75, 3.05) is 19.6 Å². The van der Waals surface area contributed by atoms with Crippen molar-refractivity contribution in [2.45, 2.75) is 46.0 Å². The van der Waals surface area contributed by atoms with Gasteiger partial charge in [-0.1, -0.05) is 38.1 Å². The maximum atomic E-state index is 2.64. The largest absolute Gasteiger partial charge is 0.303 e. The Bertz CT molecular complexity index is 327. The van der Waals surface area contributed by atoms with E-state index >= 15 is 0 Å². The topological polar surface area (TPSA) is 3.24 Å². The molecule has 1 aromatic rings. The first-order chi connectivity index (χ1) is 8.83.